The van der Waals surface area contributed by atoms with Crippen LogP contribution in [0.25, 0.3) is 0 Å². The maximum atomic E-state index is 10.7. The number of esters is 1. The highest BCUT2D eigenvalue weighted by molar-refractivity contribution is 5.81. The third-order valence-corrected chi connectivity index (χ3v) is 2.57. The van der Waals surface area contributed by atoms with Crippen LogP contribution in [0.5, 0.6) is 0 Å². The standard InChI is InChI=1S/C15H22N2O4/c1-2-15(18)20-8-6-19-7-9-21-17-12-14-5-3-4-13(10-14)11-16/h2-5,10,17H,1,6-9,11-12,16H2. The summed E-state index contributed by atoms with van der Waals surface area (Å²) in [5, 5.41) is 0. The minimum absolute atomic E-state index is 0.212. The molecule has 3 N–H and O–H groups in total. The Morgan fingerprint density at radius 2 is 2.00 bits per heavy atom. The average molecular weight is 294 g/mol. The summed E-state index contributed by atoms with van der Waals surface area (Å²) >= 11 is 0. The molecule has 0 aliphatic heterocycles. The smallest absolute Gasteiger partial charge is 0.330 e. The molecule has 6 heteroatoms. The van der Waals surface area contributed by atoms with Crippen molar-refractivity contribution in [2.45, 2.75) is 13.1 Å². The first kappa shape index (κ1) is 17.3. The van der Waals surface area contributed by atoms with E-state index < -0.39 is 5.97 Å². The molecule has 0 radical (unpaired) electrons. The number of nitrogens with one attached hydrogen (secondary N) is 1. The molecule has 116 valence electrons. The van der Waals surface area contributed by atoms with E-state index >= 15 is 0 Å². The first-order chi connectivity index (χ1) is 10.3. The molecule has 0 aromatic heterocycles. The van der Waals surface area contributed by atoms with Crippen LogP contribution in [0.1, 0.15) is 11.1 Å². The number of carbonyl (C=O) groups is 1. The molecule has 0 fully saturated rings. The van der Waals surface area contributed by atoms with Crippen LogP contribution in [0.2, 0.25) is 0 Å². The van der Waals surface area contributed by atoms with Gasteiger partial charge in [-0.1, -0.05) is 30.8 Å². The third kappa shape index (κ3) is 8.21. The zero-order valence-electron chi connectivity index (χ0n) is 12.0. The van der Waals surface area contributed by atoms with Crippen LogP contribution in [0.3, 0.4) is 0 Å². The van der Waals surface area contributed by atoms with E-state index in [0.29, 0.717) is 32.9 Å². The molecule has 21 heavy (non-hydrogen) atoms. The van der Waals surface area contributed by atoms with Crippen molar-refractivity contribution in [2.75, 3.05) is 26.4 Å². The predicted molar refractivity (Wildman–Crippen MR) is 79.1 cm³/mol. The van der Waals surface area contributed by atoms with Crippen molar-refractivity contribution < 1.29 is 19.1 Å². The van der Waals surface area contributed by atoms with E-state index in [4.69, 9.17) is 20.0 Å². The van der Waals surface area contributed by atoms with Crippen LogP contribution in [-0.4, -0.2) is 32.4 Å². The summed E-state index contributed by atoms with van der Waals surface area (Å²) in [6.45, 7) is 5.80. The molecule has 0 heterocycles. The summed E-state index contributed by atoms with van der Waals surface area (Å²) in [6.07, 6.45) is 1.12. The molecule has 1 aromatic rings. The molecule has 0 bridgehead atoms. The minimum Gasteiger partial charge on any atom is -0.460 e. The maximum Gasteiger partial charge on any atom is 0.330 e. The Balaban J connectivity index is 1.97. The molecule has 0 aliphatic rings. The molecule has 0 saturated heterocycles. The molecule has 1 rings (SSSR count). The summed E-state index contributed by atoms with van der Waals surface area (Å²) in [5.41, 5.74) is 10.6. The van der Waals surface area contributed by atoms with Gasteiger partial charge in [0.15, 0.2) is 0 Å². The van der Waals surface area contributed by atoms with Gasteiger partial charge in [0.2, 0.25) is 0 Å². The van der Waals surface area contributed by atoms with Gasteiger partial charge in [0.05, 0.1) is 19.8 Å². The van der Waals surface area contributed by atoms with Crippen molar-refractivity contribution in [3.63, 3.8) is 0 Å². The Labute approximate surface area is 124 Å². The topological polar surface area (TPSA) is 82.8 Å². The molecular formula is C15H22N2O4. The number of nitrogens with two attached hydrogens (primary N) is 1. The number of ether oxygens (including phenoxy) is 2. The molecule has 0 amide bonds. The summed E-state index contributed by atoms with van der Waals surface area (Å²) < 4.78 is 9.97. The van der Waals surface area contributed by atoms with E-state index in [-0.39, 0.29) is 6.61 Å². The highest BCUT2D eigenvalue weighted by Gasteiger charge is 1.96. The van der Waals surface area contributed by atoms with Gasteiger partial charge in [-0.2, -0.15) is 5.48 Å². The lowest BCUT2D eigenvalue weighted by Gasteiger charge is -2.08. The molecule has 0 unspecified atom stereocenters. The van der Waals surface area contributed by atoms with Gasteiger partial charge >= 0.3 is 5.97 Å². The third-order valence-electron chi connectivity index (χ3n) is 2.57. The maximum absolute atomic E-state index is 10.7. The van der Waals surface area contributed by atoms with Gasteiger partial charge in [-0.05, 0) is 11.1 Å². The Morgan fingerprint density at radius 1 is 1.24 bits per heavy atom. The van der Waals surface area contributed by atoms with Crippen molar-refractivity contribution in [2.24, 2.45) is 5.73 Å². The quantitative estimate of drug-likeness (QED) is 0.273. The summed E-state index contributed by atoms with van der Waals surface area (Å²) in [7, 11) is 0. The van der Waals surface area contributed by atoms with Gasteiger partial charge in [0.1, 0.15) is 6.61 Å². The van der Waals surface area contributed by atoms with Gasteiger partial charge in [0.25, 0.3) is 0 Å². The van der Waals surface area contributed by atoms with Crippen LogP contribution in [0, 0.1) is 0 Å². The molecule has 0 spiro atoms. The Morgan fingerprint density at radius 3 is 2.76 bits per heavy atom. The van der Waals surface area contributed by atoms with Crippen LogP contribution in [0.4, 0.5) is 0 Å². The van der Waals surface area contributed by atoms with Crippen LogP contribution >= 0.6 is 0 Å². The lowest BCUT2D eigenvalue weighted by atomic mass is 10.1. The van der Waals surface area contributed by atoms with E-state index in [1.165, 1.54) is 0 Å². The second kappa shape index (κ2) is 11.0. The van der Waals surface area contributed by atoms with E-state index in [0.717, 1.165) is 17.2 Å². The van der Waals surface area contributed by atoms with Crippen molar-refractivity contribution in [3.8, 4) is 0 Å². The molecule has 0 atom stereocenters. The SMILES string of the molecule is C=CC(=O)OCCOCCONCc1cccc(CN)c1. The summed E-state index contributed by atoms with van der Waals surface area (Å²) in [6, 6.07) is 7.98. The molecule has 6 nitrogen and oxygen atoms in total. The van der Waals surface area contributed by atoms with Crippen molar-refractivity contribution in [1.29, 1.82) is 0 Å². The fourth-order valence-electron chi connectivity index (χ4n) is 1.54. The van der Waals surface area contributed by atoms with Crippen molar-refractivity contribution in [3.05, 3.63) is 48.0 Å². The fraction of sp³-hybridized carbons (Fsp3) is 0.400. The van der Waals surface area contributed by atoms with Crippen LogP contribution in [-0.2, 0) is 32.2 Å². The normalized spacial score (nSPS) is 10.3. The highest BCUT2D eigenvalue weighted by atomic mass is 16.7. The zero-order valence-corrected chi connectivity index (χ0v) is 12.0. The first-order valence-electron chi connectivity index (χ1n) is 6.75. The monoisotopic (exact) mass is 294 g/mol. The first-order valence-corrected chi connectivity index (χ1v) is 6.75. The minimum atomic E-state index is -0.448. The largest absolute Gasteiger partial charge is 0.460 e. The van der Waals surface area contributed by atoms with Crippen molar-refractivity contribution >= 4 is 5.97 Å². The molecule has 1 aromatic carbocycles. The molecule has 0 saturated carbocycles. The van der Waals surface area contributed by atoms with Gasteiger partial charge in [-0.15, -0.1) is 0 Å². The van der Waals surface area contributed by atoms with Gasteiger partial charge < -0.3 is 15.2 Å². The van der Waals surface area contributed by atoms with E-state index in [1.807, 2.05) is 24.3 Å². The fourth-order valence-corrected chi connectivity index (χ4v) is 1.54. The summed E-state index contributed by atoms with van der Waals surface area (Å²) in [4.78, 5) is 16.0. The Hall–Kier alpha value is -1.73. The summed E-state index contributed by atoms with van der Waals surface area (Å²) in [5.74, 6) is -0.448. The average Bonchev–Trinajstić information content (AvgIpc) is 2.53. The second-order valence-electron chi connectivity index (χ2n) is 4.18. The van der Waals surface area contributed by atoms with Gasteiger partial charge in [-0.3, -0.25) is 4.84 Å². The van der Waals surface area contributed by atoms with E-state index in [1.54, 1.807) is 0 Å². The van der Waals surface area contributed by atoms with Crippen LogP contribution in [0.15, 0.2) is 36.9 Å². The van der Waals surface area contributed by atoms with E-state index in [2.05, 4.69) is 12.1 Å². The molecule has 0 aliphatic carbocycles. The number of carbonyl (C=O) groups excluding carboxylic acids is 1. The Bertz CT molecular complexity index is 437. The van der Waals surface area contributed by atoms with E-state index in [9.17, 15) is 4.79 Å². The van der Waals surface area contributed by atoms with Gasteiger partial charge in [0, 0.05) is 19.2 Å². The highest BCUT2D eigenvalue weighted by Crippen LogP contribution is 2.03. The second-order valence-corrected chi connectivity index (χ2v) is 4.18. The number of hydrogen-bond donors (Lipinski definition) is 2. The lowest BCUT2D eigenvalue weighted by Crippen LogP contribution is -2.18. The van der Waals surface area contributed by atoms with Gasteiger partial charge in [-0.25, -0.2) is 4.79 Å². The number of hydroxylamine groups is 1. The number of rotatable bonds is 11. The number of hydrogen-bond acceptors (Lipinski definition) is 6. The Kier molecular flexibility index (Phi) is 9.06. The van der Waals surface area contributed by atoms with Crippen molar-refractivity contribution in [1.82, 2.24) is 5.48 Å². The lowest BCUT2D eigenvalue weighted by molar-refractivity contribution is -0.139. The zero-order chi connectivity index (χ0) is 15.3. The van der Waals surface area contributed by atoms with Crippen LogP contribution < -0.4 is 11.2 Å². The molecular weight excluding hydrogens is 272 g/mol. The number of benzene rings is 1. The predicted octanol–water partition coefficient (Wildman–Crippen LogP) is 0.912.